The molecule has 0 aliphatic heterocycles. The molecule has 136 valence electrons. The Morgan fingerprint density at radius 1 is 1.36 bits per heavy atom. The lowest BCUT2D eigenvalue weighted by atomic mass is 9.90. The van der Waals surface area contributed by atoms with Gasteiger partial charge in [-0.05, 0) is 70.1 Å². The third-order valence-corrected chi connectivity index (χ3v) is 4.40. The lowest BCUT2D eigenvalue weighted by Gasteiger charge is -2.20. The van der Waals surface area contributed by atoms with Gasteiger partial charge < -0.3 is 15.2 Å². The number of hydrogen-bond acceptors (Lipinski definition) is 4. The second-order valence-electron chi connectivity index (χ2n) is 7.23. The van der Waals surface area contributed by atoms with E-state index in [1.165, 1.54) is 18.3 Å². The number of rotatable bonds is 7. The largest absolute Gasteiger partial charge is 0.465 e. The van der Waals surface area contributed by atoms with Gasteiger partial charge in [0.2, 0.25) is 0 Å². The van der Waals surface area contributed by atoms with E-state index in [9.17, 15) is 9.90 Å². The van der Waals surface area contributed by atoms with Crippen LogP contribution in [0.5, 0.6) is 0 Å². The van der Waals surface area contributed by atoms with Crippen molar-refractivity contribution in [3.63, 3.8) is 0 Å². The molecule has 1 aliphatic rings. The average Bonchev–Trinajstić information content (AvgIpc) is 2.59. The predicted octanol–water partition coefficient (Wildman–Crippen LogP) is 4.82. The predicted molar refractivity (Wildman–Crippen MR) is 102 cm³/mol. The van der Waals surface area contributed by atoms with Crippen molar-refractivity contribution < 1.29 is 14.6 Å². The van der Waals surface area contributed by atoms with E-state index in [0.717, 1.165) is 44.2 Å². The Kier molecular flexibility index (Phi) is 6.82. The van der Waals surface area contributed by atoms with E-state index in [1.807, 2.05) is 38.2 Å². The van der Waals surface area contributed by atoms with Crippen LogP contribution in [0.25, 0.3) is 0 Å². The summed E-state index contributed by atoms with van der Waals surface area (Å²) in [5.74, 6) is -0.336. The first-order valence-corrected chi connectivity index (χ1v) is 8.91. The van der Waals surface area contributed by atoms with E-state index in [-0.39, 0.29) is 5.97 Å². The molecular weight excluding hydrogens is 314 g/mol. The molecule has 0 atom stereocenters. The topological polar surface area (TPSA) is 58.6 Å². The normalized spacial score (nSPS) is 16.5. The molecule has 0 spiro atoms. The molecule has 25 heavy (non-hydrogen) atoms. The van der Waals surface area contributed by atoms with E-state index < -0.39 is 5.60 Å². The zero-order valence-electron chi connectivity index (χ0n) is 15.5. The minimum absolute atomic E-state index is 0.336. The summed E-state index contributed by atoms with van der Waals surface area (Å²) in [4.78, 5) is 11.8. The van der Waals surface area contributed by atoms with Crippen LogP contribution in [-0.4, -0.2) is 23.8 Å². The average molecular weight is 343 g/mol. The Morgan fingerprint density at radius 2 is 2.12 bits per heavy atom. The van der Waals surface area contributed by atoms with Gasteiger partial charge in [0, 0.05) is 6.20 Å². The van der Waals surface area contributed by atoms with Crippen LogP contribution in [0.15, 0.2) is 47.7 Å². The smallest absolute Gasteiger partial charge is 0.339 e. The minimum atomic E-state index is -0.590. The third-order valence-electron chi connectivity index (χ3n) is 4.40. The second kappa shape index (κ2) is 8.86. The summed E-state index contributed by atoms with van der Waals surface area (Å²) in [6.07, 6.45) is 10.2. The molecular formula is C21H29NO3. The highest BCUT2D eigenvalue weighted by Crippen LogP contribution is 2.28. The van der Waals surface area contributed by atoms with Crippen LogP contribution in [0.3, 0.4) is 0 Å². The minimum Gasteiger partial charge on any atom is -0.465 e. The van der Waals surface area contributed by atoms with Gasteiger partial charge in [0.05, 0.1) is 24.0 Å². The summed E-state index contributed by atoms with van der Waals surface area (Å²) in [5.41, 5.74) is 3.48. The molecule has 0 saturated heterocycles. The van der Waals surface area contributed by atoms with Gasteiger partial charge in [0.15, 0.2) is 0 Å². The highest BCUT2D eigenvalue weighted by atomic mass is 16.5. The van der Waals surface area contributed by atoms with Gasteiger partial charge in [-0.2, -0.15) is 0 Å². The number of methoxy groups -OCH3 is 1. The fourth-order valence-corrected chi connectivity index (χ4v) is 3.05. The Morgan fingerprint density at radius 3 is 2.84 bits per heavy atom. The summed E-state index contributed by atoms with van der Waals surface area (Å²) in [5, 5.41) is 13.1. The van der Waals surface area contributed by atoms with Crippen molar-refractivity contribution in [2.75, 3.05) is 12.4 Å². The molecule has 0 unspecified atom stereocenters. The molecule has 0 fully saturated rings. The highest BCUT2D eigenvalue weighted by Gasteiger charge is 2.14. The SMILES string of the molecule is COC(=O)c1ccccc1NC=C1CCC=C(CCCC(C)(C)O)C1. The molecule has 0 radical (unpaired) electrons. The maximum absolute atomic E-state index is 11.8. The summed E-state index contributed by atoms with van der Waals surface area (Å²) in [6.45, 7) is 3.71. The molecule has 2 N–H and O–H groups in total. The van der Waals surface area contributed by atoms with Crippen molar-refractivity contribution in [2.24, 2.45) is 0 Å². The molecule has 1 aliphatic carbocycles. The summed E-state index contributed by atoms with van der Waals surface area (Å²) in [7, 11) is 1.39. The maximum atomic E-state index is 11.8. The number of esters is 1. The standard InChI is InChI=1S/C21H29NO3/c1-21(2,24)13-7-10-16-8-6-9-17(14-16)15-22-19-12-5-4-11-18(19)20(23)25-3/h4-5,8,11-12,15,22,24H,6-7,9-10,13-14H2,1-3H3. The van der Waals surface area contributed by atoms with E-state index in [2.05, 4.69) is 11.4 Å². The Bertz CT molecular complexity index is 653. The molecule has 0 amide bonds. The van der Waals surface area contributed by atoms with Crippen LogP contribution in [0.4, 0.5) is 5.69 Å². The monoisotopic (exact) mass is 343 g/mol. The first kappa shape index (κ1) is 19.3. The first-order valence-electron chi connectivity index (χ1n) is 8.91. The van der Waals surface area contributed by atoms with Crippen molar-refractivity contribution in [1.82, 2.24) is 0 Å². The Labute approximate surface area is 150 Å². The zero-order valence-corrected chi connectivity index (χ0v) is 15.5. The molecule has 1 aromatic carbocycles. The van der Waals surface area contributed by atoms with E-state index >= 15 is 0 Å². The van der Waals surface area contributed by atoms with E-state index in [4.69, 9.17) is 4.74 Å². The Balaban J connectivity index is 1.95. The lowest BCUT2D eigenvalue weighted by Crippen LogP contribution is -2.17. The zero-order chi connectivity index (χ0) is 18.3. The van der Waals surface area contributed by atoms with Gasteiger partial charge in [-0.1, -0.05) is 23.8 Å². The second-order valence-corrected chi connectivity index (χ2v) is 7.23. The van der Waals surface area contributed by atoms with Gasteiger partial charge in [0.25, 0.3) is 0 Å². The Hall–Kier alpha value is -2.07. The number of carbonyl (C=O) groups excluding carboxylic acids is 1. The fraction of sp³-hybridized carbons (Fsp3) is 0.476. The van der Waals surface area contributed by atoms with E-state index in [1.54, 1.807) is 6.07 Å². The van der Waals surface area contributed by atoms with Crippen LogP contribution >= 0.6 is 0 Å². The molecule has 2 rings (SSSR count). The number of benzene rings is 1. The van der Waals surface area contributed by atoms with Crippen molar-refractivity contribution in [1.29, 1.82) is 0 Å². The van der Waals surface area contributed by atoms with Crippen molar-refractivity contribution >= 4 is 11.7 Å². The van der Waals surface area contributed by atoms with Crippen molar-refractivity contribution in [3.8, 4) is 0 Å². The van der Waals surface area contributed by atoms with Gasteiger partial charge in [-0.25, -0.2) is 4.79 Å². The third kappa shape index (κ3) is 6.39. The number of allylic oxidation sites excluding steroid dienone is 3. The number of anilines is 1. The first-order chi connectivity index (χ1) is 11.9. The number of nitrogens with one attached hydrogen (secondary N) is 1. The molecule has 0 heterocycles. The van der Waals surface area contributed by atoms with Crippen LogP contribution in [0.2, 0.25) is 0 Å². The van der Waals surface area contributed by atoms with Crippen molar-refractivity contribution in [3.05, 3.63) is 53.3 Å². The van der Waals surface area contributed by atoms with E-state index in [0.29, 0.717) is 5.56 Å². The summed E-state index contributed by atoms with van der Waals surface area (Å²) < 4.78 is 4.83. The molecule has 4 heteroatoms. The van der Waals surface area contributed by atoms with Gasteiger partial charge in [-0.15, -0.1) is 0 Å². The molecule has 0 saturated carbocycles. The molecule has 1 aromatic rings. The number of carbonyl (C=O) groups is 1. The highest BCUT2D eigenvalue weighted by molar-refractivity contribution is 5.95. The van der Waals surface area contributed by atoms with Gasteiger partial charge in [0.1, 0.15) is 0 Å². The summed E-state index contributed by atoms with van der Waals surface area (Å²) >= 11 is 0. The number of aliphatic hydroxyl groups is 1. The van der Waals surface area contributed by atoms with Gasteiger partial charge in [-0.3, -0.25) is 0 Å². The number of para-hydroxylation sites is 1. The van der Waals surface area contributed by atoms with Crippen LogP contribution < -0.4 is 5.32 Å². The molecule has 4 nitrogen and oxygen atoms in total. The van der Waals surface area contributed by atoms with Crippen LogP contribution in [0, 0.1) is 0 Å². The van der Waals surface area contributed by atoms with Crippen LogP contribution in [0.1, 0.15) is 62.7 Å². The van der Waals surface area contributed by atoms with Crippen molar-refractivity contribution in [2.45, 2.75) is 58.0 Å². The molecule has 0 aromatic heterocycles. The number of ether oxygens (including phenoxy) is 1. The number of hydrogen-bond donors (Lipinski definition) is 2. The maximum Gasteiger partial charge on any atom is 0.339 e. The van der Waals surface area contributed by atoms with Gasteiger partial charge >= 0.3 is 5.97 Å². The van der Waals surface area contributed by atoms with Crippen LogP contribution in [-0.2, 0) is 4.74 Å². The fourth-order valence-electron chi connectivity index (χ4n) is 3.05. The lowest BCUT2D eigenvalue weighted by molar-refractivity contribution is 0.0601. The summed E-state index contributed by atoms with van der Waals surface area (Å²) in [6, 6.07) is 7.37. The quantitative estimate of drug-likeness (QED) is 0.550. The molecule has 0 bridgehead atoms.